The maximum absolute atomic E-state index is 13.0. The number of carbonyl (C=O) groups excluding carboxylic acids is 4. The maximum atomic E-state index is 13.0. The predicted octanol–water partition coefficient (Wildman–Crippen LogP) is 5.62. The fourth-order valence-corrected chi connectivity index (χ4v) is 5.17. The summed E-state index contributed by atoms with van der Waals surface area (Å²) in [5.41, 5.74) is 11.4. The number of unbranched alkanes of at least 4 members (excludes halogenated alkanes) is 2. The lowest BCUT2D eigenvalue weighted by molar-refractivity contribution is -0.128. The molecule has 10 nitrogen and oxygen atoms in total. The quantitative estimate of drug-likeness (QED) is 0.128. The van der Waals surface area contributed by atoms with Crippen LogP contribution < -0.4 is 21.7 Å². The highest BCUT2D eigenvalue weighted by molar-refractivity contribution is 5.99. The Kier molecular flexibility index (Phi) is 15.8. The van der Waals surface area contributed by atoms with Crippen LogP contribution in [0.4, 0.5) is 0 Å². The first-order valence-electron chi connectivity index (χ1n) is 16.0. The molecule has 0 saturated heterocycles. The van der Waals surface area contributed by atoms with E-state index in [1.807, 2.05) is 27.7 Å². The molecule has 0 aromatic heterocycles. The van der Waals surface area contributed by atoms with Gasteiger partial charge in [0, 0.05) is 11.8 Å². The molecule has 0 heterocycles. The SMILES string of the molecule is CCCCc1cccc(C(=O)NNC(=O)C(CCC)CCC(CCC)C(=O)NNC(=O)c2cccc(CCCC)c2O)c1O. The van der Waals surface area contributed by atoms with E-state index in [0.717, 1.165) is 38.5 Å². The van der Waals surface area contributed by atoms with Crippen molar-refractivity contribution in [2.45, 2.75) is 105 Å². The summed E-state index contributed by atoms with van der Waals surface area (Å²) in [7, 11) is 0. The number of nitrogens with one attached hydrogen (secondary N) is 4. The molecule has 4 amide bonds. The fourth-order valence-electron chi connectivity index (χ4n) is 5.17. The van der Waals surface area contributed by atoms with Gasteiger partial charge in [-0.15, -0.1) is 0 Å². The van der Waals surface area contributed by atoms with Crippen LogP contribution in [0.25, 0.3) is 0 Å². The van der Waals surface area contributed by atoms with Crippen molar-refractivity contribution >= 4 is 23.6 Å². The first-order valence-corrected chi connectivity index (χ1v) is 16.0. The lowest BCUT2D eigenvalue weighted by Crippen LogP contribution is -2.46. The van der Waals surface area contributed by atoms with Crippen molar-refractivity contribution in [1.29, 1.82) is 0 Å². The molecule has 0 fully saturated rings. The van der Waals surface area contributed by atoms with Gasteiger partial charge in [0.1, 0.15) is 11.5 Å². The Morgan fingerprint density at radius 2 is 0.955 bits per heavy atom. The minimum Gasteiger partial charge on any atom is -0.507 e. The number of aryl methyl sites for hydroxylation is 2. The number of hydrazine groups is 2. The van der Waals surface area contributed by atoms with Gasteiger partial charge in [0.25, 0.3) is 11.8 Å². The maximum Gasteiger partial charge on any atom is 0.273 e. The van der Waals surface area contributed by atoms with Crippen LogP contribution in [0.5, 0.6) is 11.5 Å². The normalized spacial score (nSPS) is 12.2. The first-order chi connectivity index (χ1) is 21.2. The van der Waals surface area contributed by atoms with Gasteiger partial charge in [-0.2, -0.15) is 0 Å². The summed E-state index contributed by atoms with van der Waals surface area (Å²) in [6, 6.07) is 9.98. The van der Waals surface area contributed by atoms with Crippen molar-refractivity contribution in [3.05, 3.63) is 58.7 Å². The van der Waals surface area contributed by atoms with E-state index in [9.17, 15) is 29.4 Å². The van der Waals surface area contributed by atoms with E-state index >= 15 is 0 Å². The predicted molar refractivity (Wildman–Crippen MR) is 171 cm³/mol. The van der Waals surface area contributed by atoms with E-state index in [2.05, 4.69) is 21.7 Å². The lowest BCUT2D eigenvalue weighted by Gasteiger charge is -2.21. The molecule has 10 heteroatoms. The van der Waals surface area contributed by atoms with Gasteiger partial charge in [0.05, 0.1) is 11.1 Å². The summed E-state index contributed by atoms with van der Waals surface area (Å²) in [5.74, 6) is -3.02. The van der Waals surface area contributed by atoms with Crippen LogP contribution in [-0.4, -0.2) is 33.8 Å². The number of carbonyl (C=O) groups is 4. The summed E-state index contributed by atoms with van der Waals surface area (Å²) < 4.78 is 0. The molecule has 2 unspecified atom stereocenters. The van der Waals surface area contributed by atoms with Crippen molar-refractivity contribution in [2.24, 2.45) is 11.8 Å². The largest absolute Gasteiger partial charge is 0.507 e. The molecule has 2 rings (SSSR count). The third kappa shape index (κ3) is 10.9. The van der Waals surface area contributed by atoms with E-state index in [1.54, 1.807) is 24.3 Å². The van der Waals surface area contributed by atoms with Crippen LogP contribution in [-0.2, 0) is 22.4 Å². The average molecular weight is 611 g/mol. The van der Waals surface area contributed by atoms with E-state index in [1.165, 1.54) is 12.1 Å². The van der Waals surface area contributed by atoms with E-state index in [4.69, 9.17) is 0 Å². The van der Waals surface area contributed by atoms with Crippen molar-refractivity contribution < 1.29 is 29.4 Å². The van der Waals surface area contributed by atoms with Crippen LogP contribution >= 0.6 is 0 Å². The number of hydrogen-bond acceptors (Lipinski definition) is 6. The lowest BCUT2D eigenvalue weighted by atomic mass is 9.89. The van der Waals surface area contributed by atoms with Crippen molar-refractivity contribution in [3.8, 4) is 11.5 Å². The van der Waals surface area contributed by atoms with E-state index in [-0.39, 0.29) is 34.4 Å². The Morgan fingerprint density at radius 1 is 0.568 bits per heavy atom. The summed E-state index contributed by atoms with van der Waals surface area (Å²) in [4.78, 5) is 51.5. The van der Waals surface area contributed by atoms with Crippen LogP contribution in [0, 0.1) is 11.8 Å². The van der Waals surface area contributed by atoms with Gasteiger partial charge in [0.2, 0.25) is 11.8 Å². The van der Waals surface area contributed by atoms with Crippen LogP contribution in [0.15, 0.2) is 36.4 Å². The average Bonchev–Trinajstić information content (AvgIpc) is 3.02. The second-order valence-corrected chi connectivity index (χ2v) is 11.3. The fraction of sp³-hybridized carbons (Fsp3) is 0.529. The summed E-state index contributed by atoms with van der Waals surface area (Å²) in [6.07, 6.45) is 8.37. The van der Waals surface area contributed by atoms with E-state index in [0.29, 0.717) is 49.7 Å². The Hall–Kier alpha value is -4.08. The molecule has 44 heavy (non-hydrogen) atoms. The number of amides is 4. The topological polar surface area (TPSA) is 157 Å². The highest BCUT2D eigenvalue weighted by Gasteiger charge is 2.25. The van der Waals surface area contributed by atoms with Crippen LogP contribution in [0.3, 0.4) is 0 Å². The molecule has 2 aromatic rings. The molecule has 0 radical (unpaired) electrons. The molecule has 0 aliphatic heterocycles. The standard InChI is InChI=1S/C34H50N4O6/c1-5-9-15-23-17-11-19-27(29(23)39)33(43)37-35-31(41)25(13-7-3)21-22-26(14-8-4)32(42)36-38-34(44)28-20-12-18-24(30(28)40)16-10-6-2/h11-12,17-20,25-26,39-40H,5-10,13-16,21-22H2,1-4H3,(H,35,41)(H,36,42)(H,37,43)(H,38,44). The minimum atomic E-state index is -0.606. The number of rotatable bonds is 17. The Morgan fingerprint density at radius 3 is 1.30 bits per heavy atom. The highest BCUT2D eigenvalue weighted by atomic mass is 16.3. The van der Waals surface area contributed by atoms with Crippen molar-refractivity contribution in [2.75, 3.05) is 0 Å². The zero-order valence-corrected chi connectivity index (χ0v) is 26.6. The Labute approximate surface area is 261 Å². The van der Waals surface area contributed by atoms with Crippen LogP contribution in [0.2, 0.25) is 0 Å². The minimum absolute atomic E-state index is 0.0854. The third-order valence-electron chi connectivity index (χ3n) is 7.81. The summed E-state index contributed by atoms with van der Waals surface area (Å²) in [6.45, 7) is 8.01. The van der Waals surface area contributed by atoms with Gasteiger partial charge in [-0.25, -0.2) is 0 Å². The molecule has 0 spiro atoms. The summed E-state index contributed by atoms with van der Waals surface area (Å²) >= 11 is 0. The second-order valence-electron chi connectivity index (χ2n) is 11.3. The highest BCUT2D eigenvalue weighted by Crippen LogP contribution is 2.26. The van der Waals surface area contributed by atoms with E-state index < -0.39 is 23.7 Å². The molecular weight excluding hydrogens is 560 g/mol. The molecule has 242 valence electrons. The number of benzene rings is 2. The molecule has 0 bridgehead atoms. The molecule has 0 aliphatic rings. The molecule has 6 N–H and O–H groups in total. The number of para-hydroxylation sites is 2. The molecule has 2 atom stereocenters. The van der Waals surface area contributed by atoms with Gasteiger partial charge in [0.15, 0.2) is 0 Å². The van der Waals surface area contributed by atoms with Crippen molar-refractivity contribution in [1.82, 2.24) is 21.7 Å². The van der Waals surface area contributed by atoms with Gasteiger partial charge < -0.3 is 10.2 Å². The zero-order valence-electron chi connectivity index (χ0n) is 26.6. The second kappa shape index (κ2) is 19.2. The van der Waals surface area contributed by atoms with Gasteiger partial charge in [-0.1, -0.05) is 77.6 Å². The number of phenolic OH excluding ortho intramolecular Hbond substituents is 2. The number of hydrogen-bond donors (Lipinski definition) is 6. The first kappa shape index (κ1) is 36.1. The Balaban J connectivity index is 1.97. The number of phenols is 2. The monoisotopic (exact) mass is 610 g/mol. The zero-order chi connectivity index (χ0) is 32.5. The molecule has 0 saturated carbocycles. The number of aromatic hydroxyl groups is 2. The van der Waals surface area contributed by atoms with Gasteiger partial charge in [-0.3, -0.25) is 40.9 Å². The molecule has 0 aliphatic carbocycles. The Bertz CT molecular complexity index is 1150. The molecular formula is C34H50N4O6. The summed E-state index contributed by atoms with van der Waals surface area (Å²) in [5, 5.41) is 21.1. The van der Waals surface area contributed by atoms with Crippen LogP contribution in [0.1, 0.15) is 124 Å². The van der Waals surface area contributed by atoms with Gasteiger partial charge in [-0.05, 0) is 74.6 Å². The third-order valence-corrected chi connectivity index (χ3v) is 7.81. The molecule has 2 aromatic carbocycles. The smallest absolute Gasteiger partial charge is 0.273 e. The van der Waals surface area contributed by atoms with Crippen molar-refractivity contribution in [3.63, 3.8) is 0 Å². The van der Waals surface area contributed by atoms with Gasteiger partial charge >= 0.3 is 0 Å².